The van der Waals surface area contributed by atoms with Crippen LogP contribution in [0.25, 0.3) is 0 Å². The molecule has 106 valence electrons. The van der Waals surface area contributed by atoms with Crippen LogP contribution in [0.2, 0.25) is 0 Å². The second kappa shape index (κ2) is 5.07. The molecule has 1 saturated heterocycles. The van der Waals surface area contributed by atoms with Gasteiger partial charge in [0.1, 0.15) is 11.6 Å². The molecule has 2 rings (SSSR count). The Kier molecular flexibility index (Phi) is 3.64. The Bertz CT molecular complexity index is 400. The lowest BCUT2D eigenvalue weighted by atomic mass is 10.2. The van der Waals surface area contributed by atoms with Crippen LogP contribution in [0.3, 0.4) is 0 Å². The average Bonchev–Trinajstić information content (AvgIpc) is 2.93. The van der Waals surface area contributed by atoms with Gasteiger partial charge < -0.3 is 20.6 Å². The van der Waals surface area contributed by atoms with Gasteiger partial charge in [-0.25, -0.2) is 9.59 Å². The summed E-state index contributed by atoms with van der Waals surface area (Å²) in [6, 6.07) is -1.23. The number of hydrogen-bond acceptors (Lipinski definition) is 3. The molecule has 0 aromatic rings. The van der Waals surface area contributed by atoms with Gasteiger partial charge in [0, 0.05) is 13.1 Å². The molecule has 7 heteroatoms. The van der Waals surface area contributed by atoms with Gasteiger partial charge in [-0.3, -0.25) is 4.79 Å². The van der Waals surface area contributed by atoms with E-state index in [9.17, 15) is 14.4 Å². The van der Waals surface area contributed by atoms with E-state index in [0.717, 1.165) is 25.9 Å². The van der Waals surface area contributed by atoms with Crippen LogP contribution in [0.4, 0.5) is 4.79 Å². The Morgan fingerprint density at radius 3 is 2.26 bits per heavy atom. The lowest BCUT2D eigenvalue weighted by molar-refractivity contribution is -0.140. The minimum absolute atomic E-state index is 0.118. The second-order valence-corrected chi connectivity index (χ2v) is 5.24. The Morgan fingerprint density at radius 2 is 1.79 bits per heavy atom. The lowest BCUT2D eigenvalue weighted by Gasteiger charge is -2.22. The number of carbonyl (C=O) groups is 3. The number of carboxylic acids is 1. The molecule has 0 bridgehead atoms. The molecule has 1 aliphatic heterocycles. The number of carbonyl (C=O) groups excluding carboxylic acids is 2. The van der Waals surface area contributed by atoms with E-state index in [-0.39, 0.29) is 5.91 Å². The number of hydrogen-bond donors (Lipinski definition) is 3. The standard InChI is InChI=1S/C12H19N3O4/c1-8(9(16)15-6-2-3-7-15)13-11(19)14-12(4-5-12)10(17)18/h8H,2-7H2,1H3,(H,17,18)(H2,13,14,19). The normalized spacial score (nSPS) is 21.6. The van der Waals surface area contributed by atoms with E-state index in [1.165, 1.54) is 0 Å². The van der Waals surface area contributed by atoms with Crippen molar-refractivity contribution < 1.29 is 19.5 Å². The fourth-order valence-electron chi connectivity index (χ4n) is 2.24. The summed E-state index contributed by atoms with van der Waals surface area (Å²) in [5, 5.41) is 13.9. The zero-order valence-corrected chi connectivity index (χ0v) is 10.9. The number of likely N-dealkylation sites (tertiary alicyclic amines) is 1. The van der Waals surface area contributed by atoms with Crippen LogP contribution in [0.5, 0.6) is 0 Å². The van der Waals surface area contributed by atoms with Crippen LogP contribution in [0.15, 0.2) is 0 Å². The molecule has 7 nitrogen and oxygen atoms in total. The second-order valence-electron chi connectivity index (χ2n) is 5.24. The van der Waals surface area contributed by atoms with Crippen molar-refractivity contribution in [1.82, 2.24) is 15.5 Å². The molecule has 0 aromatic heterocycles. The van der Waals surface area contributed by atoms with E-state index in [1.807, 2.05) is 0 Å². The summed E-state index contributed by atoms with van der Waals surface area (Å²) in [6.07, 6.45) is 2.86. The molecule has 2 fully saturated rings. The van der Waals surface area contributed by atoms with E-state index < -0.39 is 23.6 Å². The molecular weight excluding hydrogens is 250 g/mol. The largest absolute Gasteiger partial charge is 0.480 e. The fraction of sp³-hybridized carbons (Fsp3) is 0.750. The van der Waals surface area contributed by atoms with E-state index in [0.29, 0.717) is 12.8 Å². The van der Waals surface area contributed by atoms with Gasteiger partial charge in [-0.2, -0.15) is 0 Å². The van der Waals surface area contributed by atoms with Crippen LogP contribution in [-0.2, 0) is 9.59 Å². The topological polar surface area (TPSA) is 98.7 Å². The summed E-state index contributed by atoms with van der Waals surface area (Å²) in [5.41, 5.74) is -1.12. The van der Waals surface area contributed by atoms with Gasteiger partial charge in [0.05, 0.1) is 0 Å². The van der Waals surface area contributed by atoms with Crippen molar-refractivity contribution in [3.8, 4) is 0 Å². The van der Waals surface area contributed by atoms with Gasteiger partial charge in [-0.1, -0.05) is 0 Å². The van der Waals surface area contributed by atoms with Crippen molar-refractivity contribution in [3.05, 3.63) is 0 Å². The van der Waals surface area contributed by atoms with E-state index in [1.54, 1.807) is 11.8 Å². The first-order valence-electron chi connectivity index (χ1n) is 6.55. The maximum Gasteiger partial charge on any atom is 0.329 e. The molecule has 0 radical (unpaired) electrons. The highest BCUT2D eigenvalue weighted by atomic mass is 16.4. The summed E-state index contributed by atoms with van der Waals surface area (Å²) in [7, 11) is 0. The van der Waals surface area contributed by atoms with Gasteiger partial charge in [-0.15, -0.1) is 0 Å². The van der Waals surface area contributed by atoms with E-state index >= 15 is 0 Å². The summed E-state index contributed by atoms with van der Waals surface area (Å²) in [5.74, 6) is -1.14. The molecule has 1 unspecified atom stereocenters. The predicted molar refractivity (Wildman–Crippen MR) is 66.5 cm³/mol. The van der Waals surface area contributed by atoms with Crippen LogP contribution in [0.1, 0.15) is 32.6 Å². The number of amides is 3. The van der Waals surface area contributed by atoms with Crippen molar-refractivity contribution in [2.45, 2.75) is 44.2 Å². The van der Waals surface area contributed by atoms with Crippen molar-refractivity contribution in [2.75, 3.05) is 13.1 Å². The molecule has 1 atom stereocenters. The van der Waals surface area contributed by atoms with Crippen LogP contribution >= 0.6 is 0 Å². The van der Waals surface area contributed by atoms with Gasteiger partial charge in [0.25, 0.3) is 0 Å². The number of carboxylic acid groups (broad SMARTS) is 1. The highest BCUT2D eigenvalue weighted by Gasteiger charge is 2.51. The van der Waals surface area contributed by atoms with Crippen LogP contribution in [0, 0.1) is 0 Å². The maximum atomic E-state index is 12.0. The van der Waals surface area contributed by atoms with Crippen molar-refractivity contribution >= 4 is 17.9 Å². The third kappa shape index (κ3) is 2.97. The molecule has 2 aliphatic rings. The van der Waals surface area contributed by atoms with Gasteiger partial charge >= 0.3 is 12.0 Å². The van der Waals surface area contributed by atoms with Crippen LogP contribution in [-0.4, -0.2) is 52.6 Å². The highest BCUT2D eigenvalue weighted by molar-refractivity contribution is 5.91. The monoisotopic (exact) mass is 269 g/mol. The molecule has 0 spiro atoms. The fourth-order valence-corrected chi connectivity index (χ4v) is 2.24. The summed E-state index contributed by atoms with van der Waals surface area (Å²) >= 11 is 0. The number of urea groups is 1. The summed E-state index contributed by atoms with van der Waals surface area (Å²) in [6.45, 7) is 3.07. The third-order valence-corrected chi connectivity index (χ3v) is 3.65. The zero-order valence-electron chi connectivity index (χ0n) is 10.9. The summed E-state index contributed by atoms with van der Waals surface area (Å²) < 4.78 is 0. The van der Waals surface area contributed by atoms with Crippen molar-refractivity contribution in [1.29, 1.82) is 0 Å². The lowest BCUT2D eigenvalue weighted by Crippen LogP contribution is -2.53. The zero-order chi connectivity index (χ0) is 14.0. The smallest absolute Gasteiger partial charge is 0.329 e. The summed E-state index contributed by atoms with van der Waals surface area (Å²) in [4.78, 5) is 36.3. The Labute approximate surface area is 111 Å². The number of aliphatic carboxylic acids is 1. The van der Waals surface area contributed by atoms with Crippen molar-refractivity contribution in [3.63, 3.8) is 0 Å². The van der Waals surface area contributed by atoms with Gasteiger partial charge in [0.15, 0.2) is 0 Å². The van der Waals surface area contributed by atoms with Crippen LogP contribution < -0.4 is 10.6 Å². The molecule has 0 aromatic carbocycles. The average molecular weight is 269 g/mol. The van der Waals surface area contributed by atoms with Gasteiger partial charge in [-0.05, 0) is 32.6 Å². The van der Waals surface area contributed by atoms with E-state index in [2.05, 4.69) is 10.6 Å². The molecule has 1 saturated carbocycles. The first kappa shape index (κ1) is 13.6. The molecule has 1 heterocycles. The minimum Gasteiger partial charge on any atom is -0.480 e. The number of rotatable bonds is 4. The number of nitrogens with zero attached hydrogens (tertiary/aromatic N) is 1. The minimum atomic E-state index is -1.12. The Balaban J connectivity index is 1.81. The highest BCUT2D eigenvalue weighted by Crippen LogP contribution is 2.35. The SMILES string of the molecule is CC(NC(=O)NC1(C(=O)O)CC1)C(=O)N1CCCC1. The quantitative estimate of drug-likeness (QED) is 0.664. The third-order valence-electron chi connectivity index (χ3n) is 3.65. The van der Waals surface area contributed by atoms with Gasteiger partial charge in [0.2, 0.25) is 5.91 Å². The molecule has 3 amide bonds. The predicted octanol–water partition coefficient (Wildman–Crippen LogP) is -0.0863. The number of nitrogens with one attached hydrogen (secondary N) is 2. The van der Waals surface area contributed by atoms with Crippen molar-refractivity contribution in [2.24, 2.45) is 0 Å². The first-order valence-corrected chi connectivity index (χ1v) is 6.55. The van der Waals surface area contributed by atoms with E-state index in [4.69, 9.17) is 5.11 Å². The Hall–Kier alpha value is -1.79. The molecule has 1 aliphatic carbocycles. The molecule has 3 N–H and O–H groups in total. The molecule has 19 heavy (non-hydrogen) atoms. The molecular formula is C12H19N3O4. The first-order chi connectivity index (χ1) is 8.94. The Morgan fingerprint density at radius 1 is 1.21 bits per heavy atom. The maximum absolute atomic E-state index is 12.0.